The van der Waals surface area contributed by atoms with Gasteiger partial charge in [0.25, 0.3) is 0 Å². The zero-order valence-electron chi connectivity index (χ0n) is 12.4. The number of rotatable bonds is 5. The fourth-order valence-corrected chi connectivity index (χ4v) is 2.58. The molecule has 1 saturated heterocycles. The molecule has 1 heterocycles. The fourth-order valence-electron chi connectivity index (χ4n) is 2.58. The van der Waals surface area contributed by atoms with Crippen LogP contribution in [0.5, 0.6) is 5.75 Å². The van der Waals surface area contributed by atoms with Gasteiger partial charge >= 0.3 is 0 Å². The summed E-state index contributed by atoms with van der Waals surface area (Å²) in [4.78, 5) is 14.2. The summed E-state index contributed by atoms with van der Waals surface area (Å²) in [5.74, 6) is 1.00. The minimum absolute atomic E-state index is 0.161. The van der Waals surface area contributed by atoms with Crippen LogP contribution in [0.15, 0.2) is 30.3 Å². The smallest absolute Gasteiger partial charge is 0.242 e. The van der Waals surface area contributed by atoms with Crippen molar-refractivity contribution >= 4 is 5.91 Å². The minimum Gasteiger partial charge on any atom is -0.492 e. The van der Waals surface area contributed by atoms with E-state index in [0.29, 0.717) is 13.2 Å². The first-order chi connectivity index (χ1) is 9.62. The standard InChI is InChI=1S/C16H24N2O2/c1-16(10-6-7-11-17-16)15(19)18(2)12-13-20-14-8-4-3-5-9-14/h3-5,8-9,17H,6-7,10-13H2,1-2H3. The van der Waals surface area contributed by atoms with Crippen molar-refractivity contribution in [2.24, 2.45) is 0 Å². The van der Waals surface area contributed by atoms with E-state index in [2.05, 4.69) is 5.32 Å². The van der Waals surface area contributed by atoms with Crippen LogP contribution < -0.4 is 10.1 Å². The Morgan fingerprint density at radius 1 is 1.35 bits per heavy atom. The maximum absolute atomic E-state index is 12.5. The number of carbonyl (C=O) groups excluding carboxylic acids is 1. The van der Waals surface area contributed by atoms with E-state index in [1.54, 1.807) is 4.90 Å². The first-order valence-corrected chi connectivity index (χ1v) is 7.30. The Kier molecular flexibility index (Phi) is 5.01. The van der Waals surface area contributed by atoms with Gasteiger partial charge in [0.1, 0.15) is 12.4 Å². The third-order valence-electron chi connectivity index (χ3n) is 3.88. The lowest BCUT2D eigenvalue weighted by molar-refractivity contribution is -0.137. The van der Waals surface area contributed by atoms with Gasteiger partial charge in [0.05, 0.1) is 12.1 Å². The molecule has 1 aliphatic heterocycles. The Labute approximate surface area is 121 Å². The molecule has 1 fully saturated rings. The molecule has 1 amide bonds. The number of hydrogen-bond donors (Lipinski definition) is 1. The number of benzene rings is 1. The van der Waals surface area contributed by atoms with Gasteiger partial charge in [-0.15, -0.1) is 0 Å². The Morgan fingerprint density at radius 3 is 2.75 bits per heavy atom. The quantitative estimate of drug-likeness (QED) is 0.895. The third kappa shape index (κ3) is 3.73. The van der Waals surface area contributed by atoms with Crippen LogP contribution in [0.4, 0.5) is 0 Å². The molecule has 1 N–H and O–H groups in total. The summed E-state index contributed by atoms with van der Waals surface area (Å²) in [6.45, 7) is 4.05. The van der Waals surface area contributed by atoms with Gasteiger partial charge in [0.2, 0.25) is 5.91 Å². The number of para-hydroxylation sites is 1. The monoisotopic (exact) mass is 276 g/mol. The van der Waals surface area contributed by atoms with Gasteiger partial charge in [-0.05, 0) is 44.9 Å². The van der Waals surface area contributed by atoms with Gasteiger partial charge in [-0.3, -0.25) is 4.79 Å². The van der Waals surface area contributed by atoms with Crippen molar-refractivity contribution in [2.45, 2.75) is 31.7 Å². The summed E-state index contributed by atoms with van der Waals surface area (Å²) in [6.07, 6.45) is 3.18. The molecule has 0 saturated carbocycles. The lowest BCUT2D eigenvalue weighted by atomic mass is 9.89. The molecule has 0 spiro atoms. The van der Waals surface area contributed by atoms with E-state index in [-0.39, 0.29) is 5.91 Å². The number of nitrogens with zero attached hydrogens (tertiary/aromatic N) is 1. The molecule has 0 radical (unpaired) electrons. The van der Waals surface area contributed by atoms with Gasteiger partial charge in [0.15, 0.2) is 0 Å². The van der Waals surface area contributed by atoms with E-state index < -0.39 is 5.54 Å². The summed E-state index contributed by atoms with van der Waals surface area (Å²) in [5, 5.41) is 3.35. The Bertz CT molecular complexity index is 427. The van der Waals surface area contributed by atoms with Crippen LogP contribution in [0.1, 0.15) is 26.2 Å². The first kappa shape index (κ1) is 14.9. The van der Waals surface area contributed by atoms with E-state index in [9.17, 15) is 4.79 Å². The summed E-state index contributed by atoms with van der Waals surface area (Å²) in [6, 6.07) is 9.68. The van der Waals surface area contributed by atoms with E-state index >= 15 is 0 Å². The van der Waals surface area contributed by atoms with Crippen LogP contribution in [0, 0.1) is 0 Å². The molecule has 20 heavy (non-hydrogen) atoms. The molecule has 4 nitrogen and oxygen atoms in total. The van der Waals surface area contributed by atoms with Gasteiger partial charge in [-0.25, -0.2) is 0 Å². The highest BCUT2D eigenvalue weighted by molar-refractivity contribution is 5.85. The molecule has 1 unspecified atom stereocenters. The molecule has 1 aliphatic rings. The van der Waals surface area contributed by atoms with Crippen molar-refractivity contribution in [1.29, 1.82) is 0 Å². The number of amides is 1. The summed E-state index contributed by atoms with van der Waals surface area (Å²) < 4.78 is 5.63. The zero-order chi connectivity index (χ0) is 14.4. The topological polar surface area (TPSA) is 41.6 Å². The number of ether oxygens (including phenoxy) is 1. The predicted molar refractivity (Wildman–Crippen MR) is 79.8 cm³/mol. The highest BCUT2D eigenvalue weighted by Crippen LogP contribution is 2.20. The summed E-state index contributed by atoms with van der Waals surface area (Å²) in [5.41, 5.74) is -0.403. The van der Waals surface area contributed by atoms with E-state index in [1.165, 1.54) is 0 Å². The van der Waals surface area contributed by atoms with Gasteiger partial charge in [0, 0.05) is 7.05 Å². The molecule has 110 valence electrons. The SMILES string of the molecule is CN(CCOc1ccccc1)C(=O)C1(C)CCCCN1. The molecule has 0 aromatic heterocycles. The highest BCUT2D eigenvalue weighted by atomic mass is 16.5. The maximum atomic E-state index is 12.5. The molecule has 4 heteroatoms. The van der Waals surface area contributed by atoms with Gasteiger partial charge < -0.3 is 15.0 Å². The van der Waals surface area contributed by atoms with Gasteiger partial charge in [-0.1, -0.05) is 18.2 Å². The van der Waals surface area contributed by atoms with Crippen molar-refractivity contribution in [2.75, 3.05) is 26.7 Å². The minimum atomic E-state index is -0.403. The number of nitrogens with one attached hydrogen (secondary N) is 1. The van der Waals surface area contributed by atoms with Crippen LogP contribution >= 0.6 is 0 Å². The maximum Gasteiger partial charge on any atom is 0.242 e. The van der Waals surface area contributed by atoms with Gasteiger partial charge in [-0.2, -0.15) is 0 Å². The van der Waals surface area contributed by atoms with Crippen LogP contribution in [0.25, 0.3) is 0 Å². The number of hydrogen-bond acceptors (Lipinski definition) is 3. The molecular formula is C16H24N2O2. The lowest BCUT2D eigenvalue weighted by Crippen LogP contribution is -2.57. The van der Waals surface area contributed by atoms with Crippen molar-refractivity contribution in [3.05, 3.63) is 30.3 Å². The molecule has 1 atom stereocenters. The molecule has 1 aromatic rings. The van der Waals surface area contributed by atoms with Crippen LogP contribution in [0.3, 0.4) is 0 Å². The second-order valence-electron chi connectivity index (χ2n) is 5.60. The first-order valence-electron chi connectivity index (χ1n) is 7.30. The average Bonchev–Trinajstić information content (AvgIpc) is 2.48. The van der Waals surface area contributed by atoms with Crippen molar-refractivity contribution < 1.29 is 9.53 Å². The fraction of sp³-hybridized carbons (Fsp3) is 0.562. The Morgan fingerprint density at radius 2 is 2.10 bits per heavy atom. The summed E-state index contributed by atoms with van der Waals surface area (Å²) in [7, 11) is 1.85. The third-order valence-corrected chi connectivity index (χ3v) is 3.88. The van der Waals surface area contributed by atoms with Crippen molar-refractivity contribution in [1.82, 2.24) is 10.2 Å². The van der Waals surface area contributed by atoms with Crippen LogP contribution in [-0.4, -0.2) is 43.1 Å². The number of piperidine rings is 1. The summed E-state index contributed by atoms with van der Waals surface area (Å²) >= 11 is 0. The van der Waals surface area contributed by atoms with E-state index in [0.717, 1.165) is 31.6 Å². The zero-order valence-corrected chi connectivity index (χ0v) is 12.4. The molecule has 2 rings (SSSR count). The second kappa shape index (κ2) is 6.75. The van der Waals surface area contributed by atoms with Crippen LogP contribution in [-0.2, 0) is 4.79 Å². The highest BCUT2D eigenvalue weighted by Gasteiger charge is 2.36. The molecule has 0 aliphatic carbocycles. The van der Waals surface area contributed by atoms with Crippen molar-refractivity contribution in [3.63, 3.8) is 0 Å². The Balaban J connectivity index is 1.79. The molecule has 0 bridgehead atoms. The van der Waals surface area contributed by atoms with Crippen LogP contribution in [0.2, 0.25) is 0 Å². The van der Waals surface area contributed by atoms with E-state index in [1.807, 2.05) is 44.3 Å². The lowest BCUT2D eigenvalue weighted by Gasteiger charge is -2.36. The number of carbonyl (C=O) groups is 1. The normalized spacial score (nSPS) is 22.3. The predicted octanol–water partition coefficient (Wildman–Crippen LogP) is 2.06. The van der Waals surface area contributed by atoms with Crippen molar-refractivity contribution in [3.8, 4) is 5.75 Å². The number of likely N-dealkylation sites (N-methyl/N-ethyl adjacent to an activating group) is 1. The van der Waals surface area contributed by atoms with E-state index in [4.69, 9.17) is 4.74 Å². The second-order valence-corrected chi connectivity index (χ2v) is 5.60. The largest absolute Gasteiger partial charge is 0.492 e. The molecule has 1 aromatic carbocycles. The Hall–Kier alpha value is -1.55. The molecular weight excluding hydrogens is 252 g/mol. The average molecular weight is 276 g/mol.